The standard InChI is InChI=1S/C7H11N3O2/c1-5-9-10-7(12-5)6-4-11-3-2-8-6/h6,8H,2-4H2,1H3. The maximum absolute atomic E-state index is 5.26. The summed E-state index contributed by atoms with van der Waals surface area (Å²) in [7, 11) is 0. The number of morpholine rings is 1. The predicted molar refractivity (Wildman–Crippen MR) is 40.6 cm³/mol. The van der Waals surface area contributed by atoms with Crippen molar-refractivity contribution in [2.45, 2.75) is 13.0 Å². The minimum Gasteiger partial charge on any atom is -0.424 e. The van der Waals surface area contributed by atoms with Crippen LogP contribution in [0.4, 0.5) is 0 Å². The van der Waals surface area contributed by atoms with Crippen LogP contribution in [0.25, 0.3) is 0 Å². The Balaban J connectivity index is 2.08. The second-order valence-corrected chi connectivity index (χ2v) is 2.74. The molecule has 2 rings (SSSR count). The minimum atomic E-state index is 0.0694. The Morgan fingerprint density at radius 2 is 2.42 bits per heavy atom. The second-order valence-electron chi connectivity index (χ2n) is 2.74. The van der Waals surface area contributed by atoms with Gasteiger partial charge in [0.1, 0.15) is 6.04 Å². The summed E-state index contributed by atoms with van der Waals surface area (Å²) in [5.41, 5.74) is 0. The lowest BCUT2D eigenvalue weighted by Gasteiger charge is -2.20. The highest BCUT2D eigenvalue weighted by Crippen LogP contribution is 2.13. The predicted octanol–water partition coefficient (Wildman–Crippen LogP) is 0.0389. The van der Waals surface area contributed by atoms with Crippen molar-refractivity contribution in [1.82, 2.24) is 15.5 Å². The van der Waals surface area contributed by atoms with Crippen LogP contribution in [0.2, 0.25) is 0 Å². The van der Waals surface area contributed by atoms with Crippen LogP contribution in [-0.2, 0) is 4.74 Å². The van der Waals surface area contributed by atoms with Gasteiger partial charge in [0.2, 0.25) is 11.8 Å². The zero-order valence-electron chi connectivity index (χ0n) is 6.91. The van der Waals surface area contributed by atoms with Crippen LogP contribution in [-0.4, -0.2) is 30.0 Å². The first-order valence-electron chi connectivity index (χ1n) is 3.97. The molecule has 1 N–H and O–H groups in total. The lowest BCUT2D eigenvalue weighted by atomic mass is 10.3. The molecule has 66 valence electrons. The summed E-state index contributed by atoms with van der Waals surface area (Å²) in [5, 5.41) is 10.9. The third kappa shape index (κ3) is 1.46. The summed E-state index contributed by atoms with van der Waals surface area (Å²) >= 11 is 0. The van der Waals surface area contributed by atoms with Gasteiger partial charge in [-0.3, -0.25) is 0 Å². The zero-order valence-corrected chi connectivity index (χ0v) is 6.91. The van der Waals surface area contributed by atoms with Crippen molar-refractivity contribution in [2.24, 2.45) is 0 Å². The van der Waals surface area contributed by atoms with Gasteiger partial charge in [-0.15, -0.1) is 10.2 Å². The van der Waals surface area contributed by atoms with Crippen LogP contribution in [0, 0.1) is 6.92 Å². The monoisotopic (exact) mass is 169 g/mol. The third-order valence-corrected chi connectivity index (χ3v) is 1.76. The molecular weight excluding hydrogens is 158 g/mol. The van der Waals surface area contributed by atoms with Gasteiger partial charge in [-0.05, 0) is 0 Å². The van der Waals surface area contributed by atoms with E-state index >= 15 is 0 Å². The van der Waals surface area contributed by atoms with Gasteiger partial charge in [-0.25, -0.2) is 0 Å². The molecular formula is C7H11N3O2. The molecule has 2 heterocycles. The molecule has 1 fully saturated rings. The van der Waals surface area contributed by atoms with Gasteiger partial charge in [0.25, 0.3) is 0 Å². The van der Waals surface area contributed by atoms with E-state index in [0.717, 1.165) is 13.2 Å². The largest absolute Gasteiger partial charge is 0.424 e. The number of hydrogen-bond acceptors (Lipinski definition) is 5. The average molecular weight is 169 g/mol. The van der Waals surface area contributed by atoms with E-state index in [1.54, 1.807) is 6.92 Å². The molecule has 0 amide bonds. The molecule has 0 aliphatic carbocycles. The molecule has 1 aliphatic heterocycles. The first-order chi connectivity index (χ1) is 5.86. The van der Waals surface area contributed by atoms with E-state index < -0.39 is 0 Å². The number of nitrogens with zero attached hydrogens (tertiary/aromatic N) is 2. The van der Waals surface area contributed by atoms with E-state index in [1.807, 2.05) is 0 Å². The van der Waals surface area contributed by atoms with Gasteiger partial charge in [0, 0.05) is 13.5 Å². The fourth-order valence-electron chi connectivity index (χ4n) is 1.18. The van der Waals surface area contributed by atoms with Crippen molar-refractivity contribution < 1.29 is 9.15 Å². The smallest absolute Gasteiger partial charge is 0.235 e. The molecule has 1 unspecified atom stereocenters. The molecule has 0 saturated carbocycles. The Labute approximate surface area is 70.1 Å². The van der Waals surface area contributed by atoms with Crippen LogP contribution >= 0.6 is 0 Å². The molecule has 12 heavy (non-hydrogen) atoms. The molecule has 1 aliphatic rings. The molecule has 5 heteroatoms. The van der Waals surface area contributed by atoms with E-state index in [-0.39, 0.29) is 6.04 Å². The van der Waals surface area contributed by atoms with Crippen LogP contribution in [0.3, 0.4) is 0 Å². The second kappa shape index (κ2) is 3.20. The maximum Gasteiger partial charge on any atom is 0.235 e. The molecule has 1 aromatic rings. The third-order valence-electron chi connectivity index (χ3n) is 1.76. The number of aromatic nitrogens is 2. The number of nitrogens with one attached hydrogen (secondary N) is 1. The number of aryl methyl sites for hydroxylation is 1. The summed E-state index contributed by atoms with van der Waals surface area (Å²) in [4.78, 5) is 0. The Hall–Kier alpha value is -0.940. The van der Waals surface area contributed by atoms with Crippen molar-refractivity contribution in [3.8, 4) is 0 Å². The lowest BCUT2D eigenvalue weighted by molar-refractivity contribution is 0.0678. The molecule has 0 aromatic carbocycles. The topological polar surface area (TPSA) is 60.2 Å². The first-order valence-corrected chi connectivity index (χ1v) is 3.97. The van der Waals surface area contributed by atoms with Gasteiger partial charge in [-0.1, -0.05) is 0 Å². The van der Waals surface area contributed by atoms with Crippen molar-refractivity contribution in [3.63, 3.8) is 0 Å². The minimum absolute atomic E-state index is 0.0694. The van der Waals surface area contributed by atoms with Crippen molar-refractivity contribution in [2.75, 3.05) is 19.8 Å². The quantitative estimate of drug-likeness (QED) is 0.643. The highest BCUT2D eigenvalue weighted by atomic mass is 16.5. The fourth-order valence-corrected chi connectivity index (χ4v) is 1.18. The zero-order chi connectivity index (χ0) is 8.39. The maximum atomic E-state index is 5.26. The highest BCUT2D eigenvalue weighted by Gasteiger charge is 2.20. The van der Waals surface area contributed by atoms with Gasteiger partial charge >= 0.3 is 0 Å². The number of rotatable bonds is 1. The normalized spacial score (nSPS) is 24.2. The molecule has 1 atom stereocenters. The van der Waals surface area contributed by atoms with Gasteiger partial charge in [0.15, 0.2) is 0 Å². The van der Waals surface area contributed by atoms with Gasteiger partial charge in [-0.2, -0.15) is 0 Å². The Kier molecular flexibility index (Phi) is 2.05. The Bertz CT molecular complexity index is 255. The lowest BCUT2D eigenvalue weighted by Crippen LogP contribution is -2.34. The fraction of sp³-hybridized carbons (Fsp3) is 0.714. The van der Waals surface area contributed by atoms with E-state index in [0.29, 0.717) is 18.4 Å². The van der Waals surface area contributed by atoms with E-state index in [1.165, 1.54) is 0 Å². The highest BCUT2D eigenvalue weighted by molar-refractivity contribution is 4.90. The van der Waals surface area contributed by atoms with Crippen LogP contribution < -0.4 is 5.32 Å². The van der Waals surface area contributed by atoms with Crippen LogP contribution in [0.1, 0.15) is 17.8 Å². The van der Waals surface area contributed by atoms with E-state index in [2.05, 4.69) is 15.5 Å². The molecule has 0 bridgehead atoms. The molecule has 0 spiro atoms. The number of ether oxygens (including phenoxy) is 1. The molecule has 0 radical (unpaired) electrons. The number of hydrogen-bond donors (Lipinski definition) is 1. The average Bonchev–Trinajstić information content (AvgIpc) is 2.54. The first kappa shape index (κ1) is 7.70. The summed E-state index contributed by atoms with van der Waals surface area (Å²) in [6.07, 6.45) is 0. The summed E-state index contributed by atoms with van der Waals surface area (Å²) < 4.78 is 10.5. The SMILES string of the molecule is Cc1nnc(C2COCCN2)o1. The Morgan fingerprint density at radius 3 is 3.00 bits per heavy atom. The molecule has 5 nitrogen and oxygen atoms in total. The molecule has 1 aromatic heterocycles. The van der Waals surface area contributed by atoms with Crippen molar-refractivity contribution in [3.05, 3.63) is 11.8 Å². The van der Waals surface area contributed by atoms with Gasteiger partial charge < -0.3 is 14.5 Å². The summed E-state index contributed by atoms with van der Waals surface area (Å²) in [5.74, 6) is 1.21. The van der Waals surface area contributed by atoms with E-state index in [9.17, 15) is 0 Å². The molecule has 1 saturated heterocycles. The summed E-state index contributed by atoms with van der Waals surface area (Å²) in [6, 6.07) is 0.0694. The van der Waals surface area contributed by atoms with E-state index in [4.69, 9.17) is 9.15 Å². The van der Waals surface area contributed by atoms with Gasteiger partial charge in [0.05, 0.1) is 13.2 Å². The van der Waals surface area contributed by atoms with Crippen LogP contribution in [0.15, 0.2) is 4.42 Å². The van der Waals surface area contributed by atoms with Crippen molar-refractivity contribution in [1.29, 1.82) is 0 Å². The Morgan fingerprint density at radius 1 is 1.50 bits per heavy atom. The van der Waals surface area contributed by atoms with Crippen molar-refractivity contribution >= 4 is 0 Å². The summed E-state index contributed by atoms with van der Waals surface area (Å²) in [6.45, 7) is 3.98. The van der Waals surface area contributed by atoms with Crippen LogP contribution in [0.5, 0.6) is 0 Å².